The van der Waals surface area contributed by atoms with Gasteiger partial charge in [-0.15, -0.1) is 0 Å². The number of hydrogen-bond acceptors (Lipinski definition) is 3. The first kappa shape index (κ1) is 14.5. The molecule has 0 amide bonds. The zero-order chi connectivity index (χ0) is 13.5. The number of nitro benzene ring substituents is 1. The summed E-state index contributed by atoms with van der Waals surface area (Å²) in [5.74, 6) is 0.721. The van der Waals surface area contributed by atoms with E-state index in [1.54, 1.807) is 19.1 Å². The fourth-order valence-corrected chi connectivity index (χ4v) is 1.94. The molecule has 100 valence electrons. The van der Waals surface area contributed by atoms with Crippen LogP contribution in [0.15, 0.2) is 18.2 Å². The average molecular weight is 250 g/mol. The van der Waals surface area contributed by atoms with Crippen LogP contribution in [0.4, 0.5) is 11.4 Å². The Labute approximate surface area is 109 Å². The summed E-state index contributed by atoms with van der Waals surface area (Å²) in [5.41, 5.74) is 1.53. The minimum Gasteiger partial charge on any atom is -0.379 e. The molecule has 18 heavy (non-hydrogen) atoms. The van der Waals surface area contributed by atoms with Crippen LogP contribution in [0, 0.1) is 23.0 Å². The summed E-state index contributed by atoms with van der Waals surface area (Å²) in [5, 5.41) is 14.2. The van der Waals surface area contributed by atoms with Gasteiger partial charge in [0.2, 0.25) is 0 Å². The number of benzene rings is 1. The summed E-state index contributed by atoms with van der Waals surface area (Å²) in [6, 6.07) is 5.38. The molecule has 0 aliphatic carbocycles. The summed E-state index contributed by atoms with van der Waals surface area (Å²) >= 11 is 0. The maximum atomic E-state index is 11.0. The minimum atomic E-state index is -0.314. The van der Waals surface area contributed by atoms with Crippen LogP contribution < -0.4 is 5.32 Å². The second kappa shape index (κ2) is 6.99. The molecule has 1 N–H and O–H groups in total. The molecule has 0 aliphatic heterocycles. The molecular formula is C14H22N2O2. The van der Waals surface area contributed by atoms with E-state index in [4.69, 9.17) is 0 Å². The van der Waals surface area contributed by atoms with Gasteiger partial charge in [0.25, 0.3) is 5.69 Å². The number of aryl methyl sites for hydroxylation is 1. The molecule has 0 radical (unpaired) electrons. The number of hydrogen-bond donors (Lipinski definition) is 1. The van der Waals surface area contributed by atoms with E-state index in [0.29, 0.717) is 11.3 Å². The molecule has 0 saturated heterocycles. The molecule has 0 saturated carbocycles. The van der Waals surface area contributed by atoms with Crippen molar-refractivity contribution in [2.45, 2.75) is 40.0 Å². The normalized spacial score (nSPS) is 10.7. The molecule has 4 nitrogen and oxygen atoms in total. The smallest absolute Gasteiger partial charge is 0.295 e. The van der Waals surface area contributed by atoms with E-state index in [1.165, 1.54) is 6.42 Å². The summed E-state index contributed by atoms with van der Waals surface area (Å²) < 4.78 is 0. The van der Waals surface area contributed by atoms with Crippen LogP contribution in [0.1, 0.15) is 38.7 Å². The highest BCUT2D eigenvalue weighted by Crippen LogP contribution is 2.27. The van der Waals surface area contributed by atoms with E-state index in [1.807, 2.05) is 6.07 Å². The third-order valence-electron chi connectivity index (χ3n) is 2.94. The first-order valence-corrected chi connectivity index (χ1v) is 6.50. The number of nitro groups is 1. The maximum absolute atomic E-state index is 11.0. The SMILES string of the molecule is Cc1cccc(NCCCCC(C)C)c1[N+](=O)[O-]. The second-order valence-electron chi connectivity index (χ2n) is 5.04. The molecule has 4 heteroatoms. The zero-order valence-electron chi connectivity index (χ0n) is 11.4. The Kier molecular flexibility index (Phi) is 5.62. The molecule has 0 spiro atoms. The summed E-state index contributed by atoms with van der Waals surface area (Å²) in [7, 11) is 0. The average Bonchev–Trinajstić information content (AvgIpc) is 2.27. The molecule has 1 rings (SSSR count). The standard InChI is InChI=1S/C14H22N2O2/c1-11(2)7-4-5-10-15-13-9-6-8-12(3)14(13)16(17)18/h6,8-9,11,15H,4-5,7,10H2,1-3H3. The van der Waals surface area contributed by atoms with Gasteiger partial charge in [0.05, 0.1) is 4.92 Å². The highest BCUT2D eigenvalue weighted by atomic mass is 16.6. The number of nitrogens with one attached hydrogen (secondary N) is 1. The summed E-state index contributed by atoms with van der Waals surface area (Å²) in [6.45, 7) is 6.97. The van der Waals surface area contributed by atoms with E-state index in [9.17, 15) is 10.1 Å². The van der Waals surface area contributed by atoms with Crippen molar-refractivity contribution in [1.82, 2.24) is 0 Å². The van der Waals surface area contributed by atoms with E-state index in [0.717, 1.165) is 25.3 Å². The van der Waals surface area contributed by atoms with Gasteiger partial charge in [0.15, 0.2) is 0 Å². The highest BCUT2D eigenvalue weighted by molar-refractivity contribution is 5.64. The Bertz CT molecular complexity index is 403. The molecule has 0 aliphatic rings. The van der Waals surface area contributed by atoms with Gasteiger partial charge in [0, 0.05) is 12.1 Å². The van der Waals surface area contributed by atoms with E-state index in [-0.39, 0.29) is 10.6 Å². The minimum absolute atomic E-state index is 0.196. The summed E-state index contributed by atoms with van der Waals surface area (Å²) in [4.78, 5) is 10.7. The predicted octanol–water partition coefficient (Wildman–Crippen LogP) is 4.14. The van der Waals surface area contributed by atoms with Crippen LogP contribution >= 0.6 is 0 Å². The molecular weight excluding hydrogens is 228 g/mol. The Balaban J connectivity index is 2.52. The molecule has 0 heterocycles. The van der Waals surface area contributed by atoms with Gasteiger partial charge < -0.3 is 5.32 Å². The lowest BCUT2D eigenvalue weighted by Crippen LogP contribution is -2.05. The van der Waals surface area contributed by atoms with Gasteiger partial charge in [-0.3, -0.25) is 10.1 Å². The Morgan fingerprint density at radius 1 is 1.33 bits per heavy atom. The number of para-hydroxylation sites is 1. The molecule has 0 unspecified atom stereocenters. The molecule has 0 bridgehead atoms. The predicted molar refractivity (Wildman–Crippen MR) is 75.0 cm³/mol. The third kappa shape index (κ3) is 4.35. The largest absolute Gasteiger partial charge is 0.379 e. The maximum Gasteiger partial charge on any atom is 0.295 e. The van der Waals surface area contributed by atoms with Gasteiger partial charge in [0.1, 0.15) is 5.69 Å². The van der Waals surface area contributed by atoms with E-state index < -0.39 is 0 Å². The van der Waals surface area contributed by atoms with Crippen LogP contribution in [0.25, 0.3) is 0 Å². The van der Waals surface area contributed by atoms with Crippen molar-refractivity contribution in [3.8, 4) is 0 Å². The number of nitrogens with zero attached hydrogens (tertiary/aromatic N) is 1. The Morgan fingerprint density at radius 3 is 2.67 bits per heavy atom. The first-order chi connectivity index (χ1) is 8.52. The number of unbranched alkanes of at least 4 members (excludes halogenated alkanes) is 1. The quantitative estimate of drug-likeness (QED) is 0.449. The van der Waals surface area contributed by atoms with Crippen molar-refractivity contribution in [2.24, 2.45) is 5.92 Å². The molecule has 0 atom stereocenters. The lowest BCUT2D eigenvalue weighted by molar-refractivity contribution is -0.384. The monoisotopic (exact) mass is 250 g/mol. The molecule has 0 aromatic heterocycles. The second-order valence-corrected chi connectivity index (χ2v) is 5.04. The van der Waals surface area contributed by atoms with Gasteiger partial charge in [-0.1, -0.05) is 38.8 Å². The van der Waals surface area contributed by atoms with Crippen LogP contribution in [0.5, 0.6) is 0 Å². The summed E-state index contributed by atoms with van der Waals surface area (Å²) in [6.07, 6.45) is 3.41. The first-order valence-electron chi connectivity index (χ1n) is 6.50. The number of anilines is 1. The van der Waals surface area contributed by atoms with Gasteiger partial charge in [-0.05, 0) is 25.3 Å². The number of rotatable bonds is 7. The van der Waals surface area contributed by atoms with Crippen molar-refractivity contribution in [1.29, 1.82) is 0 Å². The van der Waals surface area contributed by atoms with Crippen molar-refractivity contribution in [3.05, 3.63) is 33.9 Å². The highest BCUT2D eigenvalue weighted by Gasteiger charge is 2.15. The van der Waals surface area contributed by atoms with Gasteiger partial charge in [-0.25, -0.2) is 0 Å². The van der Waals surface area contributed by atoms with Crippen LogP contribution in [-0.4, -0.2) is 11.5 Å². The van der Waals surface area contributed by atoms with Crippen molar-refractivity contribution in [3.63, 3.8) is 0 Å². The fourth-order valence-electron chi connectivity index (χ4n) is 1.94. The van der Waals surface area contributed by atoms with E-state index in [2.05, 4.69) is 19.2 Å². The lowest BCUT2D eigenvalue weighted by atomic mass is 10.1. The van der Waals surface area contributed by atoms with Crippen molar-refractivity contribution in [2.75, 3.05) is 11.9 Å². The van der Waals surface area contributed by atoms with Crippen LogP contribution in [0.3, 0.4) is 0 Å². The van der Waals surface area contributed by atoms with Crippen LogP contribution in [0.2, 0.25) is 0 Å². The van der Waals surface area contributed by atoms with Gasteiger partial charge >= 0.3 is 0 Å². The molecule has 1 aromatic carbocycles. The topological polar surface area (TPSA) is 55.2 Å². The Hall–Kier alpha value is -1.58. The van der Waals surface area contributed by atoms with Gasteiger partial charge in [-0.2, -0.15) is 0 Å². The zero-order valence-corrected chi connectivity index (χ0v) is 11.4. The lowest BCUT2D eigenvalue weighted by Gasteiger charge is -2.09. The fraction of sp³-hybridized carbons (Fsp3) is 0.571. The van der Waals surface area contributed by atoms with Crippen molar-refractivity contribution < 1.29 is 4.92 Å². The van der Waals surface area contributed by atoms with Crippen LogP contribution in [-0.2, 0) is 0 Å². The molecule has 1 aromatic rings. The Morgan fingerprint density at radius 2 is 2.06 bits per heavy atom. The van der Waals surface area contributed by atoms with E-state index >= 15 is 0 Å². The van der Waals surface area contributed by atoms with Crippen molar-refractivity contribution >= 4 is 11.4 Å². The molecule has 0 fully saturated rings. The third-order valence-corrected chi connectivity index (χ3v) is 2.94.